The summed E-state index contributed by atoms with van der Waals surface area (Å²) in [6.45, 7) is 5.05. The van der Waals surface area contributed by atoms with Crippen molar-refractivity contribution in [2.45, 2.75) is 26.7 Å². The number of carbonyl (C=O) groups excluding carboxylic acids is 1. The third kappa shape index (κ3) is 2.37. The molecule has 1 aliphatic heterocycles. The first-order valence-electron chi connectivity index (χ1n) is 4.16. The van der Waals surface area contributed by atoms with Crippen LogP contribution in [0.5, 0.6) is 0 Å². The Morgan fingerprint density at radius 1 is 1.45 bits per heavy atom. The van der Waals surface area contributed by atoms with Crippen LogP contribution < -0.4 is 5.32 Å². The summed E-state index contributed by atoms with van der Waals surface area (Å²) < 4.78 is 0. The fourth-order valence-corrected chi connectivity index (χ4v) is 1.27. The van der Waals surface area contributed by atoms with Gasteiger partial charge in [0, 0.05) is 13.0 Å². The summed E-state index contributed by atoms with van der Waals surface area (Å²) in [5.41, 5.74) is 1.41. The van der Waals surface area contributed by atoms with Gasteiger partial charge < -0.3 is 5.32 Å². The summed E-state index contributed by atoms with van der Waals surface area (Å²) in [6, 6.07) is 0. The Kier molecular flexibility index (Phi) is 2.69. The molecule has 0 saturated carbocycles. The maximum atomic E-state index is 10.9. The van der Waals surface area contributed by atoms with Crippen LogP contribution in [-0.4, -0.2) is 12.5 Å². The van der Waals surface area contributed by atoms with E-state index in [1.54, 1.807) is 0 Å². The third-order valence-corrected chi connectivity index (χ3v) is 2.05. The van der Waals surface area contributed by atoms with Crippen molar-refractivity contribution >= 4 is 5.91 Å². The van der Waals surface area contributed by atoms with Gasteiger partial charge in [-0.15, -0.1) is 0 Å². The Hall–Kier alpha value is -0.790. The first-order valence-corrected chi connectivity index (χ1v) is 4.16. The summed E-state index contributed by atoms with van der Waals surface area (Å²) in [4.78, 5) is 10.9. The van der Waals surface area contributed by atoms with Gasteiger partial charge in [-0.2, -0.15) is 0 Å². The molecule has 1 rings (SSSR count). The molecule has 62 valence electrons. The summed E-state index contributed by atoms with van der Waals surface area (Å²) in [5.74, 6) is 0.764. The summed E-state index contributed by atoms with van der Waals surface area (Å²) in [6.07, 6.45) is 3.73. The molecular weight excluding hydrogens is 138 g/mol. The molecule has 0 saturated heterocycles. The lowest BCUT2D eigenvalue weighted by molar-refractivity contribution is -0.120. The minimum absolute atomic E-state index is 0.178. The fraction of sp³-hybridized carbons (Fsp3) is 0.667. The van der Waals surface area contributed by atoms with Gasteiger partial charge in [-0.05, 0) is 12.3 Å². The summed E-state index contributed by atoms with van der Waals surface area (Å²) in [5, 5.41) is 2.81. The molecule has 2 heteroatoms. The first kappa shape index (κ1) is 8.31. The lowest BCUT2D eigenvalue weighted by atomic mass is 9.99. The molecule has 0 unspecified atom stereocenters. The SMILES string of the molecule is CC(C)C1=CCNC(=O)CC1. The molecule has 0 spiro atoms. The standard InChI is InChI=1S/C9H15NO/c1-7(2)8-3-4-9(11)10-6-5-8/h5,7H,3-4,6H2,1-2H3,(H,10,11). The molecule has 1 amide bonds. The van der Waals surface area contributed by atoms with Crippen LogP contribution in [0.4, 0.5) is 0 Å². The number of carbonyl (C=O) groups is 1. The molecule has 1 aliphatic rings. The van der Waals surface area contributed by atoms with Gasteiger partial charge in [0.2, 0.25) is 5.91 Å². The van der Waals surface area contributed by atoms with E-state index in [1.807, 2.05) is 0 Å². The van der Waals surface area contributed by atoms with Gasteiger partial charge >= 0.3 is 0 Å². The van der Waals surface area contributed by atoms with E-state index in [2.05, 4.69) is 25.2 Å². The Balaban J connectivity index is 2.54. The van der Waals surface area contributed by atoms with E-state index >= 15 is 0 Å². The fourth-order valence-electron chi connectivity index (χ4n) is 1.27. The molecule has 0 aliphatic carbocycles. The van der Waals surface area contributed by atoms with E-state index in [-0.39, 0.29) is 5.91 Å². The Morgan fingerprint density at radius 3 is 2.82 bits per heavy atom. The second kappa shape index (κ2) is 3.56. The first-order chi connectivity index (χ1) is 5.20. The highest BCUT2D eigenvalue weighted by atomic mass is 16.1. The predicted octanol–water partition coefficient (Wildman–Crippen LogP) is 1.48. The second-order valence-corrected chi connectivity index (χ2v) is 3.24. The van der Waals surface area contributed by atoms with E-state index in [9.17, 15) is 4.79 Å². The number of rotatable bonds is 1. The zero-order valence-electron chi connectivity index (χ0n) is 7.18. The minimum Gasteiger partial charge on any atom is -0.353 e. The van der Waals surface area contributed by atoms with Crippen molar-refractivity contribution in [2.24, 2.45) is 5.92 Å². The molecule has 0 aromatic rings. The molecule has 11 heavy (non-hydrogen) atoms. The predicted molar refractivity (Wildman–Crippen MR) is 45.2 cm³/mol. The molecule has 0 bridgehead atoms. The van der Waals surface area contributed by atoms with Crippen LogP contribution in [-0.2, 0) is 4.79 Å². The zero-order chi connectivity index (χ0) is 8.27. The second-order valence-electron chi connectivity index (χ2n) is 3.24. The monoisotopic (exact) mass is 153 g/mol. The van der Waals surface area contributed by atoms with Crippen LogP contribution in [0.2, 0.25) is 0 Å². The van der Waals surface area contributed by atoms with E-state index in [0.717, 1.165) is 6.42 Å². The van der Waals surface area contributed by atoms with E-state index in [4.69, 9.17) is 0 Å². The van der Waals surface area contributed by atoms with E-state index in [0.29, 0.717) is 18.9 Å². The molecular formula is C9H15NO. The maximum Gasteiger partial charge on any atom is 0.220 e. The number of allylic oxidation sites excluding steroid dienone is 1. The highest BCUT2D eigenvalue weighted by Gasteiger charge is 2.09. The van der Waals surface area contributed by atoms with Gasteiger partial charge in [-0.3, -0.25) is 4.79 Å². The highest BCUT2D eigenvalue weighted by Crippen LogP contribution is 2.16. The molecule has 0 atom stereocenters. The molecule has 1 N–H and O–H groups in total. The highest BCUT2D eigenvalue weighted by molar-refractivity contribution is 5.76. The normalized spacial score (nSPS) is 19.2. The van der Waals surface area contributed by atoms with Gasteiger partial charge in [-0.1, -0.05) is 25.5 Å². The quantitative estimate of drug-likeness (QED) is 0.568. The summed E-state index contributed by atoms with van der Waals surface area (Å²) in [7, 11) is 0. The molecule has 1 heterocycles. The lowest BCUT2D eigenvalue weighted by Crippen LogP contribution is -2.20. The Labute approximate surface area is 67.7 Å². The van der Waals surface area contributed by atoms with Crippen LogP contribution in [0.15, 0.2) is 11.6 Å². The van der Waals surface area contributed by atoms with Crippen LogP contribution >= 0.6 is 0 Å². The van der Waals surface area contributed by atoms with Crippen LogP contribution in [0, 0.1) is 5.92 Å². The average Bonchev–Trinajstić information content (AvgIpc) is 2.13. The van der Waals surface area contributed by atoms with E-state index in [1.165, 1.54) is 5.57 Å². The number of hydrogen-bond donors (Lipinski definition) is 1. The molecule has 0 radical (unpaired) electrons. The van der Waals surface area contributed by atoms with Crippen molar-refractivity contribution in [2.75, 3.05) is 6.54 Å². The van der Waals surface area contributed by atoms with Gasteiger partial charge in [0.1, 0.15) is 0 Å². The van der Waals surface area contributed by atoms with Crippen molar-refractivity contribution in [3.63, 3.8) is 0 Å². The topological polar surface area (TPSA) is 29.1 Å². The zero-order valence-corrected chi connectivity index (χ0v) is 7.18. The smallest absolute Gasteiger partial charge is 0.220 e. The van der Waals surface area contributed by atoms with E-state index < -0.39 is 0 Å². The Morgan fingerprint density at radius 2 is 2.18 bits per heavy atom. The van der Waals surface area contributed by atoms with Crippen molar-refractivity contribution in [1.29, 1.82) is 0 Å². The van der Waals surface area contributed by atoms with Gasteiger partial charge in [0.05, 0.1) is 0 Å². The number of nitrogens with one attached hydrogen (secondary N) is 1. The van der Waals surface area contributed by atoms with Crippen molar-refractivity contribution < 1.29 is 4.79 Å². The maximum absolute atomic E-state index is 10.9. The Bertz CT molecular complexity index is 182. The minimum atomic E-state index is 0.178. The lowest BCUT2D eigenvalue weighted by Gasteiger charge is -2.06. The van der Waals surface area contributed by atoms with Crippen LogP contribution in [0.3, 0.4) is 0 Å². The van der Waals surface area contributed by atoms with Crippen LogP contribution in [0.25, 0.3) is 0 Å². The average molecular weight is 153 g/mol. The van der Waals surface area contributed by atoms with Crippen LogP contribution in [0.1, 0.15) is 26.7 Å². The van der Waals surface area contributed by atoms with Gasteiger partial charge in [0.25, 0.3) is 0 Å². The van der Waals surface area contributed by atoms with Crippen molar-refractivity contribution in [3.8, 4) is 0 Å². The molecule has 0 fully saturated rings. The van der Waals surface area contributed by atoms with Crippen molar-refractivity contribution in [3.05, 3.63) is 11.6 Å². The summed E-state index contributed by atoms with van der Waals surface area (Å²) >= 11 is 0. The van der Waals surface area contributed by atoms with Gasteiger partial charge in [-0.25, -0.2) is 0 Å². The molecule has 2 nitrogen and oxygen atoms in total. The van der Waals surface area contributed by atoms with Crippen molar-refractivity contribution in [1.82, 2.24) is 5.32 Å². The largest absolute Gasteiger partial charge is 0.353 e. The van der Waals surface area contributed by atoms with Gasteiger partial charge in [0.15, 0.2) is 0 Å². The number of hydrogen-bond acceptors (Lipinski definition) is 1. The number of amides is 1. The molecule has 0 aromatic carbocycles. The third-order valence-electron chi connectivity index (χ3n) is 2.05. The molecule has 0 aromatic heterocycles.